The fourth-order valence-corrected chi connectivity index (χ4v) is 2.70. The lowest BCUT2D eigenvalue weighted by Crippen LogP contribution is -2.37. The highest BCUT2D eigenvalue weighted by Crippen LogP contribution is 2.31. The number of nitrogen functional groups attached to an aromatic ring is 1. The van der Waals surface area contributed by atoms with E-state index in [0.717, 1.165) is 49.5 Å². The van der Waals surface area contributed by atoms with Crippen LogP contribution < -0.4 is 10.6 Å². The van der Waals surface area contributed by atoms with Crippen molar-refractivity contribution in [3.05, 3.63) is 42.5 Å². The standard InChI is InChI=1S/C16H19N3O/c1-2-5-13-12-6-3-4-7-14(12)16(18-15(13)17)19-8-10-20-11-9-19/h2-4,6-7H,1,5,8-11H2,(H2,17,18). The number of anilines is 2. The Labute approximate surface area is 118 Å². The van der Waals surface area contributed by atoms with E-state index in [0.29, 0.717) is 5.82 Å². The summed E-state index contributed by atoms with van der Waals surface area (Å²) in [4.78, 5) is 6.89. The highest BCUT2D eigenvalue weighted by molar-refractivity contribution is 5.97. The van der Waals surface area contributed by atoms with Crippen molar-refractivity contribution >= 4 is 22.4 Å². The SMILES string of the molecule is C=CCc1c(N)nc(N2CCOCC2)c2ccccc12. The zero-order valence-corrected chi connectivity index (χ0v) is 11.5. The van der Waals surface area contributed by atoms with Crippen molar-refractivity contribution in [2.24, 2.45) is 0 Å². The molecule has 0 atom stereocenters. The molecule has 0 aliphatic carbocycles. The van der Waals surface area contributed by atoms with E-state index >= 15 is 0 Å². The van der Waals surface area contributed by atoms with Crippen LogP contribution in [-0.2, 0) is 11.2 Å². The van der Waals surface area contributed by atoms with Gasteiger partial charge in [-0.3, -0.25) is 0 Å². The molecule has 4 heteroatoms. The van der Waals surface area contributed by atoms with E-state index in [1.165, 1.54) is 5.39 Å². The van der Waals surface area contributed by atoms with Crippen molar-refractivity contribution in [1.29, 1.82) is 0 Å². The molecule has 3 rings (SSSR count). The number of allylic oxidation sites excluding steroid dienone is 1. The zero-order chi connectivity index (χ0) is 13.9. The second kappa shape index (κ2) is 5.51. The number of ether oxygens (including phenoxy) is 1. The molecule has 4 nitrogen and oxygen atoms in total. The Morgan fingerprint density at radius 2 is 1.95 bits per heavy atom. The lowest BCUT2D eigenvalue weighted by Gasteiger charge is -2.29. The van der Waals surface area contributed by atoms with Crippen LogP contribution in [0.5, 0.6) is 0 Å². The van der Waals surface area contributed by atoms with Crippen LogP contribution in [0.3, 0.4) is 0 Å². The normalized spacial score (nSPS) is 15.5. The van der Waals surface area contributed by atoms with Gasteiger partial charge in [-0.15, -0.1) is 6.58 Å². The zero-order valence-electron chi connectivity index (χ0n) is 11.5. The molecule has 1 aromatic heterocycles. The Hall–Kier alpha value is -2.07. The van der Waals surface area contributed by atoms with Crippen molar-refractivity contribution in [2.45, 2.75) is 6.42 Å². The molecule has 0 saturated carbocycles. The molecular formula is C16H19N3O. The van der Waals surface area contributed by atoms with E-state index in [1.807, 2.05) is 18.2 Å². The van der Waals surface area contributed by atoms with E-state index in [1.54, 1.807) is 0 Å². The van der Waals surface area contributed by atoms with Crippen LogP contribution in [0.1, 0.15) is 5.56 Å². The molecule has 0 amide bonds. The third kappa shape index (κ3) is 2.23. The van der Waals surface area contributed by atoms with Crippen molar-refractivity contribution in [2.75, 3.05) is 36.9 Å². The van der Waals surface area contributed by atoms with Gasteiger partial charge in [-0.1, -0.05) is 30.3 Å². The first-order valence-electron chi connectivity index (χ1n) is 6.92. The van der Waals surface area contributed by atoms with E-state index in [9.17, 15) is 0 Å². The molecule has 1 aliphatic heterocycles. The van der Waals surface area contributed by atoms with Crippen molar-refractivity contribution in [1.82, 2.24) is 4.98 Å². The third-order valence-corrected chi connectivity index (χ3v) is 3.69. The van der Waals surface area contributed by atoms with Crippen LogP contribution in [0, 0.1) is 0 Å². The summed E-state index contributed by atoms with van der Waals surface area (Å²) in [7, 11) is 0. The summed E-state index contributed by atoms with van der Waals surface area (Å²) in [5, 5.41) is 2.32. The number of aromatic nitrogens is 1. The molecule has 2 aromatic rings. The Balaban J connectivity index is 2.17. The predicted molar refractivity (Wildman–Crippen MR) is 83.1 cm³/mol. The summed E-state index contributed by atoms with van der Waals surface area (Å²) in [5.74, 6) is 1.57. The summed E-state index contributed by atoms with van der Waals surface area (Å²) in [5.41, 5.74) is 7.23. The average molecular weight is 269 g/mol. The minimum atomic E-state index is 0.602. The van der Waals surface area contributed by atoms with Crippen molar-refractivity contribution in [3.8, 4) is 0 Å². The number of rotatable bonds is 3. The summed E-state index contributed by atoms with van der Waals surface area (Å²) >= 11 is 0. The molecule has 0 unspecified atom stereocenters. The number of pyridine rings is 1. The van der Waals surface area contributed by atoms with Gasteiger partial charge in [0.2, 0.25) is 0 Å². The molecule has 0 bridgehead atoms. The Morgan fingerprint density at radius 3 is 2.65 bits per heavy atom. The number of benzene rings is 1. The quantitative estimate of drug-likeness (QED) is 0.869. The highest BCUT2D eigenvalue weighted by atomic mass is 16.5. The van der Waals surface area contributed by atoms with Crippen LogP contribution >= 0.6 is 0 Å². The van der Waals surface area contributed by atoms with E-state index in [-0.39, 0.29) is 0 Å². The van der Waals surface area contributed by atoms with E-state index in [2.05, 4.69) is 28.6 Å². The van der Waals surface area contributed by atoms with Gasteiger partial charge in [0.05, 0.1) is 13.2 Å². The molecule has 0 spiro atoms. The number of nitrogens with two attached hydrogens (primary N) is 1. The van der Waals surface area contributed by atoms with Crippen molar-refractivity contribution in [3.63, 3.8) is 0 Å². The first-order chi connectivity index (χ1) is 9.81. The lowest BCUT2D eigenvalue weighted by atomic mass is 10.0. The number of hydrogen-bond donors (Lipinski definition) is 1. The maximum Gasteiger partial charge on any atom is 0.139 e. The first kappa shape index (κ1) is 12.9. The summed E-state index contributed by atoms with van der Waals surface area (Å²) in [6, 6.07) is 8.30. The molecule has 1 fully saturated rings. The third-order valence-electron chi connectivity index (χ3n) is 3.69. The molecule has 20 heavy (non-hydrogen) atoms. The number of nitrogens with zero attached hydrogens (tertiary/aromatic N) is 2. The maximum atomic E-state index is 6.16. The maximum absolute atomic E-state index is 6.16. The largest absolute Gasteiger partial charge is 0.383 e. The van der Waals surface area contributed by atoms with Crippen LogP contribution in [0.25, 0.3) is 10.8 Å². The summed E-state index contributed by atoms with van der Waals surface area (Å²) < 4.78 is 5.41. The minimum absolute atomic E-state index is 0.602. The van der Waals surface area contributed by atoms with Crippen LogP contribution in [0.2, 0.25) is 0 Å². The van der Waals surface area contributed by atoms with Gasteiger partial charge in [-0.05, 0) is 11.8 Å². The fraction of sp³-hybridized carbons (Fsp3) is 0.312. The average Bonchev–Trinajstić information content (AvgIpc) is 2.51. The molecule has 1 aromatic carbocycles. The van der Waals surface area contributed by atoms with Gasteiger partial charge in [0.1, 0.15) is 11.6 Å². The molecule has 104 valence electrons. The Morgan fingerprint density at radius 1 is 1.25 bits per heavy atom. The molecule has 0 radical (unpaired) electrons. The lowest BCUT2D eigenvalue weighted by molar-refractivity contribution is 0.122. The second-order valence-corrected chi connectivity index (χ2v) is 4.94. The monoisotopic (exact) mass is 269 g/mol. The number of hydrogen-bond acceptors (Lipinski definition) is 4. The minimum Gasteiger partial charge on any atom is -0.383 e. The molecule has 2 heterocycles. The highest BCUT2D eigenvalue weighted by Gasteiger charge is 2.18. The fourth-order valence-electron chi connectivity index (χ4n) is 2.70. The number of morpholine rings is 1. The first-order valence-corrected chi connectivity index (χ1v) is 6.92. The van der Waals surface area contributed by atoms with Crippen molar-refractivity contribution < 1.29 is 4.74 Å². The second-order valence-electron chi connectivity index (χ2n) is 4.94. The predicted octanol–water partition coefficient (Wildman–Crippen LogP) is 2.38. The summed E-state index contributed by atoms with van der Waals surface area (Å²) in [6.07, 6.45) is 2.61. The Bertz CT molecular complexity index is 633. The van der Waals surface area contributed by atoms with Gasteiger partial charge in [-0.2, -0.15) is 0 Å². The van der Waals surface area contributed by atoms with Gasteiger partial charge in [0.15, 0.2) is 0 Å². The number of fused-ring (bicyclic) bond motifs is 1. The molecule has 1 saturated heterocycles. The Kier molecular flexibility index (Phi) is 3.56. The van der Waals surface area contributed by atoms with Gasteiger partial charge in [0, 0.05) is 24.0 Å². The van der Waals surface area contributed by atoms with E-state index in [4.69, 9.17) is 10.5 Å². The van der Waals surface area contributed by atoms with Gasteiger partial charge in [0.25, 0.3) is 0 Å². The molecule has 1 aliphatic rings. The van der Waals surface area contributed by atoms with Gasteiger partial charge >= 0.3 is 0 Å². The van der Waals surface area contributed by atoms with E-state index < -0.39 is 0 Å². The van der Waals surface area contributed by atoms with Crippen LogP contribution in [-0.4, -0.2) is 31.3 Å². The molecular weight excluding hydrogens is 250 g/mol. The smallest absolute Gasteiger partial charge is 0.139 e. The molecule has 2 N–H and O–H groups in total. The van der Waals surface area contributed by atoms with Crippen LogP contribution in [0.15, 0.2) is 36.9 Å². The van der Waals surface area contributed by atoms with Gasteiger partial charge < -0.3 is 15.4 Å². The van der Waals surface area contributed by atoms with Crippen LogP contribution in [0.4, 0.5) is 11.6 Å². The summed E-state index contributed by atoms with van der Waals surface area (Å²) in [6.45, 7) is 7.00. The van der Waals surface area contributed by atoms with Gasteiger partial charge in [-0.25, -0.2) is 4.98 Å². The topological polar surface area (TPSA) is 51.4 Å².